The number of nitrogens with one attached hydrogen (secondary N) is 2. The molecule has 1 heterocycles. The number of unbranched alkanes of at least 4 members (excludes halogenated alkanes) is 3. The number of thioether (sulfide) groups is 1. The maximum Gasteiger partial charge on any atom is 0.269 e. The fraction of sp³-hybridized carbons (Fsp3) is 0.625. The second kappa shape index (κ2) is 11.4. The van der Waals surface area contributed by atoms with Gasteiger partial charge in [-0.05, 0) is 43.4 Å². The van der Waals surface area contributed by atoms with Crippen LogP contribution in [0.15, 0.2) is 18.2 Å². The van der Waals surface area contributed by atoms with E-state index < -0.39 is 0 Å². The van der Waals surface area contributed by atoms with Crippen molar-refractivity contribution in [1.29, 1.82) is 0 Å². The molecule has 118 valence electrons. The van der Waals surface area contributed by atoms with Crippen LogP contribution < -0.4 is 10.6 Å². The average molecular weight is 309 g/mol. The standard InChI is InChI=1S/C16H27N3OS/c1-3-11-17-15-10-8-9-14(19-15)16(20)18-12-6-4-5-7-13-21-2/h8-10H,3-7,11-13H2,1-2H3,(H,17,19)(H,18,20). The first-order valence-corrected chi connectivity index (χ1v) is 9.15. The van der Waals surface area contributed by atoms with Gasteiger partial charge in [-0.25, -0.2) is 4.98 Å². The molecular formula is C16H27N3OS. The van der Waals surface area contributed by atoms with Crippen LogP contribution in [0.2, 0.25) is 0 Å². The van der Waals surface area contributed by atoms with E-state index in [9.17, 15) is 4.79 Å². The first kappa shape index (κ1) is 17.8. The fourth-order valence-corrected chi connectivity index (χ4v) is 2.42. The summed E-state index contributed by atoms with van der Waals surface area (Å²) in [5.41, 5.74) is 0.485. The van der Waals surface area contributed by atoms with Crippen molar-refractivity contribution in [3.63, 3.8) is 0 Å². The smallest absolute Gasteiger partial charge is 0.269 e. The van der Waals surface area contributed by atoms with E-state index in [1.165, 1.54) is 25.0 Å². The number of carbonyl (C=O) groups excluding carboxylic acids is 1. The molecule has 0 fully saturated rings. The molecule has 4 nitrogen and oxygen atoms in total. The lowest BCUT2D eigenvalue weighted by Crippen LogP contribution is -2.25. The summed E-state index contributed by atoms with van der Waals surface area (Å²) < 4.78 is 0. The molecule has 0 saturated heterocycles. The fourth-order valence-electron chi connectivity index (χ4n) is 1.93. The summed E-state index contributed by atoms with van der Waals surface area (Å²) in [4.78, 5) is 16.3. The van der Waals surface area contributed by atoms with E-state index in [1.54, 1.807) is 6.07 Å². The van der Waals surface area contributed by atoms with Gasteiger partial charge in [0.2, 0.25) is 0 Å². The Labute approximate surface area is 132 Å². The SMILES string of the molecule is CCCNc1cccc(C(=O)NCCCCCCSC)n1. The van der Waals surface area contributed by atoms with E-state index in [1.807, 2.05) is 23.9 Å². The lowest BCUT2D eigenvalue weighted by atomic mass is 10.2. The normalized spacial score (nSPS) is 10.4. The number of hydrogen-bond acceptors (Lipinski definition) is 4. The molecular weight excluding hydrogens is 282 g/mol. The van der Waals surface area contributed by atoms with Gasteiger partial charge in [0, 0.05) is 13.1 Å². The van der Waals surface area contributed by atoms with Crippen molar-refractivity contribution in [2.24, 2.45) is 0 Å². The van der Waals surface area contributed by atoms with E-state index >= 15 is 0 Å². The highest BCUT2D eigenvalue weighted by Gasteiger charge is 2.06. The molecule has 5 heteroatoms. The van der Waals surface area contributed by atoms with Gasteiger partial charge in [-0.2, -0.15) is 11.8 Å². The molecule has 0 aliphatic heterocycles. The zero-order chi connectivity index (χ0) is 15.3. The van der Waals surface area contributed by atoms with E-state index in [-0.39, 0.29) is 5.91 Å². The van der Waals surface area contributed by atoms with Gasteiger partial charge in [-0.15, -0.1) is 0 Å². The third-order valence-corrected chi connectivity index (χ3v) is 3.80. The molecule has 2 N–H and O–H groups in total. The number of amides is 1. The van der Waals surface area contributed by atoms with Crippen LogP contribution in [0.1, 0.15) is 49.5 Å². The van der Waals surface area contributed by atoms with Gasteiger partial charge >= 0.3 is 0 Å². The minimum Gasteiger partial charge on any atom is -0.370 e. The molecule has 0 atom stereocenters. The minimum absolute atomic E-state index is 0.0840. The molecule has 0 saturated carbocycles. The van der Waals surface area contributed by atoms with Crippen molar-refractivity contribution < 1.29 is 4.79 Å². The Morgan fingerprint density at radius 3 is 2.76 bits per heavy atom. The van der Waals surface area contributed by atoms with Gasteiger partial charge in [-0.3, -0.25) is 4.79 Å². The number of hydrogen-bond donors (Lipinski definition) is 2. The van der Waals surface area contributed by atoms with Crippen LogP contribution in [0, 0.1) is 0 Å². The molecule has 1 aromatic rings. The third kappa shape index (κ3) is 7.95. The lowest BCUT2D eigenvalue weighted by Gasteiger charge is -2.07. The van der Waals surface area contributed by atoms with Crippen LogP contribution in [-0.2, 0) is 0 Å². The number of rotatable bonds is 11. The van der Waals surface area contributed by atoms with Crippen LogP contribution in [0.3, 0.4) is 0 Å². The summed E-state index contributed by atoms with van der Waals surface area (Å²) in [7, 11) is 0. The Morgan fingerprint density at radius 1 is 1.19 bits per heavy atom. The molecule has 0 spiro atoms. The topological polar surface area (TPSA) is 54.0 Å². The van der Waals surface area contributed by atoms with Crippen LogP contribution in [0.5, 0.6) is 0 Å². The quantitative estimate of drug-likeness (QED) is 0.614. The third-order valence-electron chi connectivity index (χ3n) is 3.10. The summed E-state index contributed by atoms with van der Waals surface area (Å²) in [5, 5.41) is 6.13. The Morgan fingerprint density at radius 2 is 2.00 bits per heavy atom. The first-order valence-electron chi connectivity index (χ1n) is 7.76. The Balaban J connectivity index is 2.25. The Kier molecular flexibility index (Phi) is 9.70. The number of anilines is 1. The summed E-state index contributed by atoms with van der Waals surface area (Å²) >= 11 is 1.89. The highest BCUT2D eigenvalue weighted by Crippen LogP contribution is 2.06. The predicted molar refractivity (Wildman–Crippen MR) is 92.2 cm³/mol. The highest BCUT2D eigenvalue weighted by molar-refractivity contribution is 7.98. The van der Waals surface area contributed by atoms with Gasteiger partial charge in [0.25, 0.3) is 5.91 Å². The molecule has 1 amide bonds. The van der Waals surface area contributed by atoms with Crippen LogP contribution >= 0.6 is 11.8 Å². The van der Waals surface area contributed by atoms with Gasteiger partial charge in [0.05, 0.1) is 0 Å². The summed E-state index contributed by atoms with van der Waals surface area (Å²) in [6, 6.07) is 5.51. The molecule has 1 aromatic heterocycles. The zero-order valence-corrected chi connectivity index (χ0v) is 14.0. The van der Waals surface area contributed by atoms with Crippen molar-refractivity contribution in [3.05, 3.63) is 23.9 Å². The number of aromatic nitrogens is 1. The van der Waals surface area contributed by atoms with Crippen LogP contribution in [0.4, 0.5) is 5.82 Å². The van der Waals surface area contributed by atoms with Crippen LogP contribution in [0.25, 0.3) is 0 Å². The summed E-state index contributed by atoms with van der Waals surface area (Å²) in [6.45, 7) is 3.70. The molecule has 21 heavy (non-hydrogen) atoms. The maximum absolute atomic E-state index is 12.0. The maximum atomic E-state index is 12.0. The number of carbonyl (C=O) groups is 1. The Bertz CT molecular complexity index is 412. The van der Waals surface area contributed by atoms with Crippen molar-refractivity contribution in [3.8, 4) is 0 Å². The van der Waals surface area contributed by atoms with Gasteiger partial charge in [-0.1, -0.05) is 25.8 Å². The number of nitrogens with zero attached hydrogens (tertiary/aromatic N) is 1. The minimum atomic E-state index is -0.0840. The summed E-state index contributed by atoms with van der Waals surface area (Å²) in [6.07, 6.45) is 7.89. The summed E-state index contributed by atoms with van der Waals surface area (Å²) in [5.74, 6) is 1.91. The predicted octanol–water partition coefficient (Wildman–Crippen LogP) is 3.56. The van der Waals surface area contributed by atoms with Crippen LogP contribution in [-0.4, -0.2) is 36.0 Å². The van der Waals surface area contributed by atoms with Crippen molar-refractivity contribution in [2.75, 3.05) is 30.4 Å². The molecule has 1 rings (SSSR count). The number of pyridine rings is 1. The van der Waals surface area contributed by atoms with Gasteiger partial charge < -0.3 is 10.6 Å². The molecule has 0 aliphatic rings. The van der Waals surface area contributed by atoms with Crippen molar-refractivity contribution in [2.45, 2.75) is 39.0 Å². The van der Waals surface area contributed by atoms with E-state index in [4.69, 9.17) is 0 Å². The highest BCUT2D eigenvalue weighted by atomic mass is 32.2. The van der Waals surface area contributed by atoms with E-state index in [0.29, 0.717) is 5.69 Å². The Hall–Kier alpha value is -1.23. The van der Waals surface area contributed by atoms with Gasteiger partial charge in [0.15, 0.2) is 0 Å². The average Bonchev–Trinajstić information content (AvgIpc) is 2.52. The molecule has 0 aliphatic carbocycles. The van der Waals surface area contributed by atoms with Crippen molar-refractivity contribution >= 4 is 23.5 Å². The monoisotopic (exact) mass is 309 g/mol. The van der Waals surface area contributed by atoms with E-state index in [0.717, 1.165) is 31.7 Å². The largest absolute Gasteiger partial charge is 0.370 e. The lowest BCUT2D eigenvalue weighted by molar-refractivity contribution is 0.0948. The zero-order valence-electron chi connectivity index (χ0n) is 13.2. The first-order chi connectivity index (χ1) is 10.3. The molecule has 0 bridgehead atoms. The van der Waals surface area contributed by atoms with Gasteiger partial charge in [0.1, 0.15) is 11.5 Å². The second-order valence-electron chi connectivity index (χ2n) is 5.00. The van der Waals surface area contributed by atoms with E-state index in [2.05, 4.69) is 28.8 Å². The molecule has 0 radical (unpaired) electrons. The molecule has 0 aromatic carbocycles. The second-order valence-corrected chi connectivity index (χ2v) is 5.98. The van der Waals surface area contributed by atoms with Crippen molar-refractivity contribution in [1.82, 2.24) is 10.3 Å². The molecule has 0 unspecified atom stereocenters.